The molecule has 1 aromatic carbocycles. The number of aromatic nitrogens is 2. The molecular formula is C16H22N4O3. The topological polar surface area (TPSA) is 79.6 Å². The van der Waals surface area contributed by atoms with E-state index in [1.165, 1.54) is 4.90 Å². The minimum atomic E-state index is -0.235. The first-order valence-electron chi connectivity index (χ1n) is 7.36. The number of carbonyl (C=O) groups is 1. The highest BCUT2D eigenvalue weighted by Crippen LogP contribution is 2.18. The Kier molecular flexibility index (Phi) is 5.59. The quantitative estimate of drug-likeness (QED) is 0.847. The van der Waals surface area contributed by atoms with Gasteiger partial charge in [-0.15, -0.1) is 0 Å². The minimum absolute atomic E-state index is 0.0634. The molecule has 124 valence electrons. The number of aliphatic hydroxyl groups excluding tert-OH is 1. The Morgan fingerprint density at radius 3 is 3.00 bits per heavy atom. The first-order chi connectivity index (χ1) is 11.0. The third kappa shape index (κ3) is 4.23. The van der Waals surface area contributed by atoms with Gasteiger partial charge in [-0.25, -0.2) is 9.48 Å². The third-order valence-corrected chi connectivity index (χ3v) is 3.54. The molecular weight excluding hydrogens is 296 g/mol. The summed E-state index contributed by atoms with van der Waals surface area (Å²) in [5.74, 6) is 0.756. The average Bonchev–Trinajstić information content (AvgIpc) is 3.05. The van der Waals surface area contributed by atoms with E-state index < -0.39 is 0 Å². The zero-order valence-electron chi connectivity index (χ0n) is 13.6. The van der Waals surface area contributed by atoms with Gasteiger partial charge in [0.2, 0.25) is 0 Å². The molecule has 1 aromatic heterocycles. The summed E-state index contributed by atoms with van der Waals surface area (Å²) < 4.78 is 6.94. The van der Waals surface area contributed by atoms with Crippen molar-refractivity contribution in [3.63, 3.8) is 0 Å². The number of methoxy groups -OCH3 is 1. The maximum absolute atomic E-state index is 11.9. The smallest absolute Gasteiger partial charge is 0.317 e. The second-order valence-corrected chi connectivity index (χ2v) is 5.24. The summed E-state index contributed by atoms with van der Waals surface area (Å²) in [4.78, 5) is 13.4. The average molecular weight is 318 g/mol. The maximum Gasteiger partial charge on any atom is 0.317 e. The SMILES string of the molecule is COc1cccc(-n2cc(C(C)NC(=O)N(C)CCO)cn2)c1. The van der Waals surface area contributed by atoms with Crippen molar-refractivity contribution in [3.05, 3.63) is 42.2 Å². The molecule has 0 bridgehead atoms. The Bertz CT molecular complexity index is 656. The molecule has 0 radical (unpaired) electrons. The standard InChI is InChI=1S/C16H22N4O3/c1-12(18-16(22)19(2)7-8-21)13-10-17-20(11-13)14-5-4-6-15(9-14)23-3/h4-6,9-12,21H,7-8H2,1-3H3,(H,18,22). The summed E-state index contributed by atoms with van der Waals surface area (Å²) >= 11 is 0. The number of nitrogens with zero attached hydrogens (tertiary/aromatic N) is 3. The van der Waals surface area contributed by atoms with E-state index in [1.54, 1.807) is 25.0 Å². The number of aliphatic hydroxyl groups is 1. The molecule has 23 heavy (non-hydrogen) atoms. The summed E-state index contributed by atoms with van der Waals surface area (Å²) in [6.45, 7) is 2.12. The van der Waals surface area contributed by atoms with Crippen molar-refractivity contribution in [2.75, 3.05) is 27.3 Å². The number of amides is 2. The summed E-state index contributed by atoms with van der Waals surface area (Å²) in [7, 11) is 3.26. The highest BCUT2D eigenvalue weighted by molar-refractivity contribution is 5.74. The molecule has 1 heterocycles. The van der Waals surface area contributed by atoms with Crippen molar-refractivity contribution in [1.29, 1.82) is 0 Å². The Hall–Kier alpha value is -2.54. The van der Waals surface area contributed by atoms with Gasteiger partial charge in [0.05, 0.1) is 31.6 Å². The van der Waals surface area contributed by atoms with Crippen LogP contribution in [0, 0.1) is 0 Å². The Balaban J connectivity index is 2.07. The first kappa shape index (κ1) is 16.8. The molecule has 1 atom stereocenters. The van der Waals surface area contributed by atoms with E-state index in [4.69, 9.17) is 9.84 Å². The lowest BCUT2D eigenvalue weighted by molar-refractivity contribution is 0.188. The molecule has 1 unspecified atom stereocenters. The van der Waals surface area contributed by atoms with E-state index in [0.29, 0.717) is 6.54 Å². The van der Waals surface area contributed by atoms with Crippen molar-refractivity contribution < 1.29 is 14.6 Å². The van der Waals surface area contributed by atoms with Gasteiger partial charge in [-0.3, -0.25) is 0 Å². The van der Waals surface area contributed by atoms with Crippen molar-refractivity contribution in [1.82, 2.24) is 20.0 Å². The number of nitrogens with one attached hydrogen (secondary N) is 1. The van der Waals surface area contributed by atoms with Crippen molar-refractivity contribution in [3.8, 4) is 11.4 Å². The fourth-order valence-electron chi connectivity index (χ4n) is 2.08. The lowest BCUT2D eigenvalue weighted by Gasteiger charge is -2.19. The molecule has 2 N–H and O–H groups in total. The highest BCUT2D eigenvalue weighted by atomic mass is 16.5. The van der Waals surface area contributed by atoms with Gasteiger partial charge < -0.3 is 20.1 Å². The second kappa shape index (κ2) is 7.64. The summed E-state index contributed by atoms with van der Waals surface area (Å²) in [5, 5.41) is 16.1. The number of hydrogen-bond acceptors (Lipinski definition) is 4. The summed E-state index contributed by atoms with van der Waals surface area (Å²) in [6, 6.07) is 7.15. The fraction of sp³-hybridized carbons (Fsp3) is 0.375. The van der Waals surface area contributed by atoms with Crippen molar-refractivity contribution in [2.24, 2.45) is 0 Å². The van der Waals surface area contributed by atoms with Gasteiger partial charge in [-0.2, -0.15) is 5.10 Å². The van der Waals surface area contributed by atoms with Gasteiger partial charge in [-0.05, 0) is 19.1 Å². The number of urea groups is 1. The number of ether oxygens (including phenoxy) is 1. The molecule has 0 saturated heterocycles. The van der Waals surface area contributed by atoms with Gasteiger partial charge >= 0.3 is 6.03 Å². The largest absolute Gasteiger partial charge is 0.497 e. The van der Waals surface area contributed by atoms with Crippen LogP contribution < -0.4 is 10.1 Å². The predicted molar refractivity (Wildman–Crippen MR) is 86.8 cm³/mol. The van der Waals surface area contributed by atoms with Gasteiger partial charge in [0.15, 0.2) is 0 Å². The predicted octanol–water partition coefficient (Wildman–Crippen LogP) is 1.58. The number of carbonyl (C=O) groups excluding carboxylic acids is 1. The Labute approximate surface area is 135 Å². The second-order valence-electron chi connectivity index (χ2n) is 5.24. The van der Waals surface area contributed by atoms with Crippen LogP contribution in [-0.4, -0.2) is 53.1 Å². The number of likely N-dealkylation sites (N-methyl/N-ethyl adjacent to an activating group) is 1. The van der Waals surface area contributed by atoms with E-state index in [-0.39, 0.29) is 18.7 Å². The molecule has 2 aromatic rings. The van der Waals surface area contributed by atoms with E-state index in [0.717, 1.165) is 17.0 Å². The Morgan fingerprint density at radius 1 is 1.52 bits per heavy atom. The maximum atomic E-state index is 11.9. The molecule has 0 aliphatic rings. The molecule has 0 spiro atoms. The molecule has 0 aliphatic carbocycles. The molecule has 2 rings (SSSR count). The van der Waals surface area contributed by atoms with Crippen molar-refractivity contribution in [2.45, 2.75) is 13.0 Å². The van der Waals surface area contributed by atoms with E-state index in [1.807, 2.05) is 37.4 Å². The van der Waals surface area contributed by atoms with Crippen molar-refractivity contribution >= 4 is 6.03 Å². The summed E-state index contributed by atoms with van der Waals surface area (Å²) in [5.41, 5.74) is 1.77. The van der Waals surface area contributed by atoms with Gasteiger partial charge in [-0.1, -0.05) is 6.07 Å². The van der Waals surface area contributed by atoms with Crippen LogP contribution in [0.25, 0.3) is 5.69 Å². The number of hydrogen-bond donors (Lipinski definition) is 2. The van der Waals surface area contributed by atoms with Gasteiger partial charge in [0, 0.05) is 31.4 Å². The molecule has 2 amide bonds. The molecule has 7 nitrogen and oxygen atoms in total. The molecule has 7 heteroatoms. The third-order valence-electron chi connectivity index (χ3n) is 3.54. The summed E-state index contributed by atoms with van der Waals surface area (Å²) in [6.07, 6.45) is 3.59. The van der Waals surface area contributed by atoms with Gasteiger partial charge in [0.1, 0.15) is 5.75 Å². The Morgan fingerprint density at radius 2 is 2.30 bits per heavy atom. The van der Waals surface area contributed by atoms with Crippen LogP contribution >= 0.6 is 0 Å². The number of rotatable bonds is 6. The van der Waals surface area contributed by atoms with E-state index >= 15 is 0 Å². The fourth-order valence-corrected chi connectivity index (χ4v) is 2.08. The van der Waals surface area contributed by atoms with Crippen LogP contribution in [0.15, 0.2) is 36.7 Å². The molecule has 0 saturated carbocycles. The number of benzene rings is 1. The van der Waals surface area contributed by atoms with Crippen LogP contribution in [0.2, 0.25) is 0 Å². The highest BCUT2D eigenvalue weighted by Gasteiger charge is 2.14. The van der Waals surface area contributed by atoms with Crippen LogP contribution in [-0.2, 0) is 0 Å². The monoisotopic (exact) mass is 318 g/mol. The normalized spacial score (nSPS) is 11.8. The lowest BCUT2D eigenvalue weighted by atomic mass is 10.2. The molecule has 0 fully saturated rings. The zero-order chi connectivity index (χ0) is 16.8. The van der Waals surface area contributed by atoms with Crippen LogP contribution in [0.1, 0.15) is 18.5 Å². The van der Waals surface area contributed by atoms with E-state index in [2.05, 4.69) is 10.4 Å². The van der Waals surface area contributed by atoms with Crippen LogP contribution in [0.4, 0.5) is 4.79 Å². The minimum Gasteiger partial charge on any atom is -0.497 e. The van der Waals surface area contributed by atoms with Gasteiger partial charge in [0.25, 0.3) is 0 Å². The molecule has 0 aliphatic heterocycles. The zero-order valence-corrected chi connectivity index (χ0v) is 13.6. The van der Waals surface area contributed by atoms with Crippen LogP contribution in [0.3, 0.4) is 0 Å². The first-order valence-corrected chi connectivity index (χ1v) is 7.36. The van der Waals surface area contributed by atoms with Crippen LogP contribution in [0.5, 0.6) is 5.75 Å². The lowest BCUT2D eigenvalue weighted by Crippen LogP contribution is -2.39. The van der Waals surface area contributed by atoms with E-state index in [9.17, 15) is 4.79 Å².